The molecule has 2 fully saturated rings. The first kappa shape index (κ1) is 14.9. The number of likely N-dealkylation sites (tertiary alicyclic amines) is 1. The molecule has 0 spiro atoms. The van der Waals surface area contributed by atoms with E-state index in [0.29, 0.717) is 0 Å². The smallest absolute Gasteiger partial charge is 0.0695 e. The first-order valence-corrected chi connectivity index (χ1v) is 8.65. The van der Waals surface area contributed by atoms with Crippen LogP contribution < -0.4 is 5.32 Å². The molecule has 0 radical (unpaired) electrons. The average molecular weight is 311 g/mol. The maximum Gasteiger partial charge on any atom is 0.0695 e. The van der Waals surface area contributed by atoms with Crippen LogP contribution in [-0.4, -0.2) is 65.3 Å². The van der Waals surface area contributed by atoms with Crippen LogP contribution in [-0.2, 0) is 6.54 Å². The van der Waals surface area contributed by atoms with Gasteiger partial charge in [-0.25, -0.2) is 0 Å². The number of hydrogen-bond donors (Lipinski definition) is 2. The number of nitrogens with one attached hydrogen (secondary N) is 2. The molecule has 5 nitrogen and oxygen atoms in total. The Labute approximate surface area is 137 Å². The van der Waals surface area contributed by atoms with Gasteiger partial charge >= 0.3 is 0 Å². The monoisotopic (exact) mass is 311 g/mol. The fraction of sp³-hybridized carbons (Fsp3) is 0.500. The highest BCUT2D eigenvalue weighted by Gasteiger charge is 2.28. The van der Waals surface area contributed by atoms with Crippen LogP contribution >= 0.6 is 0 Å². The Kier molecular flexibility index (Phi) is 4.41. The van der Waals surface area contributed by atoms with Crippen molar-refractivity contribution in [3.63, 3.8) is 0 Å². The van der Waals surface area contributed by atoms with Crippen molar-refractivity contribution in [2.45, 2.75) is 19.0 Å². The lowest BCUT2D eigenvalue weighted by Gasteiger charge is -2.32. The van der Waals surface area contributed by atoms with Gasteiger partial charge in [0.15, 0.2) is 0 Å². The summed E-state index contributed by atoms with van der Waals surface area (Å²) in [6.45, 7) is 8.02. The molecule has 3 heterocycles. The highest BCUT2D eigenvalue weighted by atomic mass is 15.3. The van der Waals surface area contributed by atoms with Gasteiger partial charge in [0.25, 0.3) is 0 Å². The summed E-state index contributed by atoms with van der Waals surface area (Å²) in [5, 5.41) is 10.9. The topological polar surface area (TPSA) is 47.2 Å². The summed E-state index contributed by atoms with van der Waals surface area (Å²) in [5.41, 5.74) is 3.69. The van der Waals surface area contributed by atoms with Gasteiger partial charge in [-0.3, -0.25) is 14.9 Å². The molecule has 0 amide bonds. The van der Waals surface area contributed by atoms with Crippen LogP contribution in [0.2, 0.25) is 0 Å². The maximum absolute atomic E-state index is 4.28. The highest BCUT2D eigenvalue weighted by molar-refractivity contribution is 5.62. The molecule has 0 saturated carbocycles. The zero-order valence-corrected chi connectivity index (χ0v) is 13.5. The molecule has 4 rings (SSSR count). The van der Waals surface area contributed by atoms with Crippen LogP contribution in [0.5, 0.6) is 0 Å². The molecule has 1 atom stereocenters. The third kappa shape index (κ3) is 3.32. The van der Waals surface area contributed by atoms with E-state index in [2.05, 4.69) is 55.6 Å². The van der Waals surface area contributed by atoms with Crippen molar-refractivity contribution in [1.29, 1.82) is 0 Å². The van der Waals surface area contributed by atoms with E-state index in [1.807, 2.05) is 6.20 Å². The van der Waals surface area contributed by atoms with Crippen LogP contribution in [0.25, 0.3) is 11.3 Å². The summed E-state index contributed by atoms with van der Waals surface area (Å²) in [5.74, 6) is 0. The van der Waals surface area contributed by atoms with Crippen molar-refractivity contribution in [2.75, 3.05) is 39.3 Å². The van der Waals surface area contributed by atoms with Gasteiger partial charge < -0.3 is 5.32 Å². The van der Waals surface area contributed by atoms with Crippen LogP contribution in [0.3, 0.4) is 0 Å². The number of hydrogen-bond acceptors (Lipinski definition) is 4. The number of aromatic nitrogens is 2. The third-order valence-electron chi connectivity index (χ3n) is 5.09. The molecule has 2 N–H and O–H groups in total. The lowest BCUT2D eigenvalue weighted by molar-refractivity contribution is 0.170. The van der Waals surface area contributed by atoms with Crippen molar-refractivity contribution < 1.29 is 0 Å². The summed E-state index contributed by atoms with van der Waals surface area (Å²) >= 11 is 0. The molecule has 2 aliphatic rings. The Morgan fingerprint density at radius 3 is 2.74 bits per heavy atom. The quantitative estimate of drug-likeness (QED) is 0.899. The SMILES string of the molecule is c1ccc(-c2[nH]ncc2CN2CCC(N3CCNCC3)C2)cc1. The first-order valence-electron chi connectivity index (χ1n) is 8.65. The standard InChI is InChI=1S/C18H25N5/c1-2-4-15(5-3-1)18-16(12-20-21-18)13-22-9-6-17(14-22)23-10-7-19-8-11-23/h1-5,12,17,19H,6-11,13-14H2,(H,20,21). The fourth-order valence-electron chi connectivity index (χ4n) is 3.83. The summed E-state index contributed by atoms with van der Waals surface area (Å²) in [6.07, 6.45) is 3.28. The molecule has 2 saturated heterocycles. The van der Waals surface area contributed by atoms with Crippen LogP contribution in [0, 0.1) is 0 Å². The molecular formula is C18H25N5. The Morgan fingerprint density at radius 1 is 1.09 bits per heavy atom. The molecular weight excluding hydrogens is 286 g/mol. The van der Waals surface area contributed by atoms with E-state index in [4.69, 9.17) is 0 Å². The van der Waals surface area contributed by atoms with Crippen LogP contribution in [0.4, 0.5) is 0 Å². The Hall–Kier alpha value is -1.69. The molecule has 2 aromatic rings. The maximum atomic E-state index is 4.28. The lowest BCUT2D eigenvalue weighted by atomic mass is 10.1. The van der Waals surface area contributed by atoms with Gasteiger partial charge in [0.05, 0.1) is 11.9 Å². The fourth-order valence-corrected chi connectivity index (χ4v) is 3.83. The number of rotatable bonds is 4. The third-order valence-corrected chi connectivity index (χ3v) is 5.09. The number of benzene rings is 1. The van der Waals surface area contributed by atoms with Crippen LogP contribution in [0.15, 0.2) is 36.5 Å². The van der Waals surface area contributed by atoms with Crippen LogP contribution in [0.1, 0.15) is 12.0 Å². The first-order chi connectivity index (χ1) is 11.4. The molecule has 1 aromatic carbocycles. The molecule has 1 unspecified atom stereocenters. The molecule has 5 heteroatoms. The van der Waals surface area contributed by atoms with Crippen molar-refractivity contribution in [2.24, 2.45) is 0 Å². The minimum absolute atomic E-state index is 0.726. The highest BCUT2D eigenvalue weighted by Crippen LogP contribution is 2.24. The average Bonchev–Trinajstić information content (AvgIpc) is 3.26. The van der Waals surface area contributed by atoms with Gasteiger partial charge in [-0.15, -0.1) is 0 Å². The lowest BCUT2D eigenvalue weighted by Crippen LogP contribution is -2.49. The predicted octanol–water partition coefficient (Wildman–Crippen LogP) is 1.56. The van der Waals surface area contributed by atoms with E-state index < -0.39 is 0 Å². The van der Waals surface area contributed by atoms with E-state index in [0.717, 1.165) is 31.4 Å². The minimum atomic E-state index is 0.726. The predicted molar refractivity (Wildman–Crippen MR) is 92.1 cm³/mol. The van der Waals surface area contributed by atoms with Crippen molar-refractivity contribution in [3.05, 3.63) is 42.1 Å². The number of aromatic amines is 1. The number of piperazine rings is 1. The van der Waals surface area contributed by atoms with Crippen molar-refractivity contribution >= 4 is 0 Å². The number of nitrogens with zero attached hydrogens (tertiary/aromatic N) is 3. The number of H-pyrrole nitrogens is 1. The van der Waals surface area contributed by atoms with Gasteiger partial charge in [0.1, 0.15) is 0 Å². The van der Waals surface area contributed by atoms with Crippen molar-refractivity contribution in [3.8, 4) is 11.3 Å². The molecule has 23 heavy (non-hydrogen) atoms. The minimum Gasteiger partial charge on any atom is -0.314 e. The Balaban J connectivity index is 1.41. The molecule has 0 bridgehead atoms. The van der Waals surface area contributed by atoms with Gasteiger partial charge in [0, 0.05) is 57.4 Å². The van der Waals surface area contributed by atoms with E-state index >= 15 is 0 Å². The van der Waals surface area contributed by atoms with Gasteiger partial charge in [-0.1, -0.05) is 30.3 Å². The molecule has 1 aromatic heterocycles. The Morgan fingerprint density at radius 2 is 1.91 bits per heavy atom. The van der Waals surface area contributed by atoms with Gasteiger partial charge in [-0.2, -0.15) is 5.10 Å². The molecule has 122 valence electrons. The largest absolute Gasteiger partial charge is 0.314 e. The second-order valence-electron chi connectivity index (χ2n) is 6.60. The zero-order valence-electron chi connectivity index (χ0n) is 13.5. The second-order valence-corrected chi connectivity index (χ2v) is 6.60. The molecule has 0 aliphatic carbocycles. The summed E-state index contributed by atoms with van der Waals surface area (Å²) in [7, 11) is 0. The van der Waals surface area contributed by atoms with Crippen molar-refractivity contribution in [1.82, 2.24) is 25.3 Å². The summed E-state index contributed by atoms with van der Waals surface area (Å²) in [4.78, 5) is 5.23. The zero-order chi connectivity index (χ0) is 15.5. The van der Waals surface area contributed by atoms with E-state index in [9.17, 15) is 0 Å². The second kappa shape index (κ2) is 6.83. The Bertz CT molecular complexity index is 617. The van der Waals surface area contributed by atoms with Gasteiger partial charge in [-0.05, 0) is 12.0 Å². The van der Waals surface area contributed by atoms with E-state index in [1.165, 1.54) is 43.7 Å². The summed E-state index contributed by atoms with van der Waals surface area (Å²) < 4.78 is 0. The molecule has 2 aliphatic heterocycles. The normalized spacial score (nSPS) is 23.4. The van der Waals surface area contributed by atoms with E-state index in [-0.39, 0.29) is 0 Å². The van der Waals surface area contributed by atoms with E-state index in [1.54, 1.807) is 0 Å². The van der Waals surface area contributed by atoms with Gasteiger partial charge in [0.2, 0.25) is 0 Å². The summed E-state index contributed by atoms with van der Waals surface area (Å²) in [6, 6.07) is 11.2.